The van der Waals surface area contributed by atoms with E-state index in [4.69, 9.17) is 4.74 Å². The number of carbonyl (C=O) groups excluding carboxylic acids is 1. The van der Waals surface area contributed by atoms with Crippen molar-refractivity contribution in [3.05, 3.63) is 29.8 Å². The Morgan fingerprint density at radius 3 is 2.64 bits per heavy atom. The van der Waals surface area contributed by atoms with Gasteiger partial charge in [0.15, 0.2) is 0 Å². The van der Waals surface area contributed by atoms with Crippen LogP contribution in [0, 0.1) is 5.92 Å². The molecule has 1 saturated heterocycles. The summed E-state index contributed by atoms with van der Waals surface area (Å²) in [4.78, 5) is 14.7. The maximum Gasteiger partial charge on any atom is 0.257 e. The molecule has 120 valence electrons. The van der Waals surface area contributed by atoms with Crippen molar-refractivity contribution >= 4 is 5.91 Å². The third kappa shape index (κ3) is 3.80. The summed E-state index contributed by atoms with van der Waals surface area (Å²) < 4.78 is 5.58. The largest absolute Gasteiger partial charge is 0.493 e. The van der Waals surface area contributed by atoms with Gasteiger partial charge in [-0.15, -0.1) is 0 Å². The van der Waals surface area contributed by atoms with Crippen molar-refractivity contribution in [2.45, 2.75) is 38.6 Å². The summed E-state index contributed by atoms with van der Waals surface area (Å²) in [7, 11) is 0. The second kappa shape index (κ2) is 7.14. The lowest BCUT2D eigenvalue weighted by atomic mass is 10.0. The van der Waals surface area contributed by atoms with Crippen molar-refractivity contribution in [2.75, 3.05) is 26.2 Å². The summed E-state index contributed by atoms with van der Waals surface area (Å²) in [6.07, 6.45) is 4.88. The van der Waals surface area contributed by atoms with Gasteiger partial charge in [-0.05, 0) is 57.2 Å². The Hall–Kier alpha value is -1.55. The van der Waals surface area contributed by atoms with Gasteiger partial charge in [-0.3, -0.25) is 4.79 Å². The summed E-state index contributed by atoms with van der Waals surface area (Å²) in [5.74, 6) is 1.71. The summed E-state index contributed by atoms with van der Waals surface area (Å²) in [6, 6.07) is 8.13. The van der Waals surface area contributed by atoms with Gasteiger partial charge in [0.05, 0.1) is 12.2 Å². The first-order valence-corrected chi connectivity index (χ1v) is 8.52. The van der Waals surface area contributed by atoms with E-state index in [2.05, 4.69) is 5.32 Å². The lowest BCUT2D eigenvalue weighted by Crippen LogP contribution is -2.45. The minimum absolute atomic E-state index is 0.102. The summed E-state index contributed by atoms with van der Waals surface area (Å²) in [6.45, 7) is 5.35. The molecular formula is C18H26N2O2. The van der Waals surface area contributed by atoms with Crippen LogP contribution in [0.3, 0.4) is 0 Å². The maximum atomic E-state index is 12.7. The number of benzene rings is 1. The van der Waals surface area contributed by atoms with Crippen LogP contribution in [0.5, 0.6) is 5.75 Å². The van der Waals surface area contributed by atoms with Crippen LogP contribution in [-0.2, 0) is 0 Å². The quantitative estimate of drug-likeness (QED) is 0.878. The number of nitrogens with one attached hydrogen (secondary N) is 1. The highest BCUT2D eigenvalue weighted by Gasteiger charge is 2.27. The van der Waals surface area contributed by atoms with Crippen LogP contribution < -0.4 is 10.1 Å². The fourth-order valence-electron chi connectivity index (χ4n) is 3.04. The van der Waals surface area contributed by atoms with E-state index in [0.29, 0.717) is 24.0 Å². The number of likely N-dealkylation sites (tertiary alicyclic amines) is 1. The smallest absolute Gasteiger partial charge is 0.257 e. The normalized spacial score (nSPS) is 19.2. The van der Waals surface area contributed by atoms with E-state index in [9.17, 15) is 4.79 Å². The van der Waals surface area contributed by atoms with Gasteiger partial charge in [-0.25, -0.2) is 0 Å². The summed E-state index contributed by atoms with van der Waals surface area (Å²) in [5.41, 5.74) is 0.689. The molecule has 2 aliphatic rings. The molecular weight excluding hydrogens is 276 g/mol. The molecule has 0 radical (unpaired) electrons. The number of amides is 1. The molecule has 1 aliphatic carbocycles. The molecule has 22 heavy (non-hydrogen) atoms. The van der Waals surface area contributed by atoms with Crippen molar-refractivity contribution < 1.29 is 9.53 Å². The van der Waals surface area contributed by atoms with Gasteiger partial charge in [-0.2, -0.15) is 0 Å². The average molecular weight is 302 g/mol. The minimum atomic E-state index is 0.102. The fraction of sp³-hybridized carbons (Fsp3) is 0.611. The highest BCUT2D eigenvalue weighted by molar-refractivity contribution is 5.97. The molecule has 1 aromatic rings. The maximum absolute atomic E-state index is 12.7. The minimum Gasteiger partial charge on any atom is -0.493 e. The first kappa shape index (κ1) is 15.3. The molecule has 1 amide bonds. The number of piperidine rings is 1. The van der Waals surface area contributed by atoms with Gasteiger partial charge in [0, 0.05) is 19.1 Å². The molecule has 1 aromatic carbocycles. The van der Waals surface area contributed by atoms with Crippen LogP contribution in [0.1, 0.15) is 43.0 Å². The number of carbonyl (C=O) groups is 1. The monoisotopic (exact) mass is 302 g/mol. The van der Waals surface area contributed by atoms with Crippen LogP contribution in [0.15, 0.2) is 24.3 Å². The molecule has 2 fully saturated rings. The van der Waals surface area contributed by atoms with E-state index < -0.39 is 0 Å². The first-order valence-electron chi connectivity index (χ1n) is 8.52. The Bertz CT molecular complexity index is 506. The molecule has 0 spiro atoms. The molecule has 1 N–H and O–H groups in total. The number of ether oxygens (including phenoxy) is 1. The third-order valence-electron chi connectivity index (χ3n) is 4.59. The van der Waals surface area contributed by atoms with Gasteiger partial charge in [0.1, 0.15) is 5.75 Å². The average Bonchev–Trinajstić information content (AvgIpc) is 3.38. The molecule has 4 heteroatoms. The van der Waals surface area contributed by atoms with Crippen molar-refractivity contribution in [2.24, 2.45) is 5.92 Å². The molecule has 0 aromatic heterocycles. The van der Waals surface area contributed by atoms with Gasteiger partial charge in [0.25, 0.3) is 5.91 Å². The van der Waals surface area contributed by atoms with Crippen LogP contribution in [0.4, 0.5) is 0 Å². The number of nitrogens with zero attached hydrogens (tertiary/aromatic N) is 1. The van der Waals surface area contributed by atoms with E-state index in [0.717, 1.165) is 38.4 Å². The zero-order valence-electron chi connectivity index (χ0n) is 13.4. The van der Waals surface area contributed by atoms with Gasteiger partial charge >= 0.3 is 0 Å². The Morgan fingerprint density at radius 2 is 1.95 bits per heavy atom. The fourth-order valence-corrected chi connectivity index (χ4v) is 3.04. The van der Waals surface area contributed by atoms with Crippen molar-refractivity contribution in [1.29, 1.82) is 0 Å². The van der Waals surface area contributed by atoms with E-state index in [1.54, 1.807) is 0 Å². The van der Waals surface area contributed by atoms with Gasteiger partial charge in [-0.1, -0.05) is 12.1 Å². The molecule has 0 unspecified atom stereocenters. The standard InChI is InChI=1S/C18H26N2O2/c1-2-22-17-6-4-3-5-16(17)18(21)20-11-9-15(10-12-20)19-13-14-7-8-14/h3-6,14-15,19H,2,7-13H2,1H3. The zero-order chi connectivity index (χ0) is 15.4. The Morgan fingerprint density at radius 1 is 1.23 bits per heavy atom. The van der Waals surface area contributed by atoms with Gasteiger partial charge < -0.3 is 15.0 Å². The van der Waals surface area contributed by atoms with Crippen molar-refractivity contribution in [1.82, 2.24) is 10.2 Å². The molecule has 0 atom stereocenters. The first-order chi connectivity index (χ1) is 10.8. The SMILES string of the molecule is CCOc1ccccc1C(=O)N1CCC(NCC2CC2)CC1. The Labute approximate surface area is 132 Å². The molecule has 0 bridgehead atoms. The molecule has 1 heterocycles. The predicted molar refractivity (Wildman–Crippen MR) is 87.3 cm³/mol. The number of hydrogen-bond acceptors (Lipinski definition) is 3. The van der Waals surface area contributed by atoms with Crippen LogP contribution >= 0.6 is 0 Å². The highest BCUT2D eigenvalue weighted by Crippen LogP contribution is 2.28. The van der Waals surface area contributed by atoms with E-state index >= 15 is 0 Å². The lowest BCUT2D eigenvalue weighted by molar-refractivity contribution is 0.0701. The third-order valence-corrected chi connectivity index (χ3v) is 4.59. The summed E-state index contributed by atoms with van der Waals surface area (Å²) >= 11 is 0. The van der Waals surface area contributed by atoms with E-state index in [1.165, 1.54) is 12.8 Å². The molecule has 1 aliphatic heterocycles. The topological polar surface area (TPSA) is 41.6 Å². The van der Waals surface area contributed by atoms with Crippen LogP contribution in [-0.4, -0.2) is 43.1 Å². The lowest BCUT2D eigenvalue weighted by Gasteiger charge is -2.33. The van der Waals surface area contributed by atoms with Crippen LogP contribution in [0.2, 0.25) is 0 Å². The highest BCUT2D eigenvalue weighted by atomic mass is 16.5. The van der Waals surface area contributed by atoms with E-state index in [-0.39, 0.29) is 5.91 Å². The Balaban J connectivity index is 1.54. The summed E-state index contributed by atoms with van der Waals surface area (Å²) in [5, 5.41) is 3.65. The number of rotatable bonds is 6. The second-order valence-electron chi connectivity index (χ2n) is 6.35. The predicted octanol–water partition coefficient (Wildman–Crippen LogP) is 2.69. The van der Waals surface area contributed by atoms with E-state index in [1.807, 2.05) is 36.1 Å². The van der Waals surface area contributed by atoms with Gasteiger partial charge in [0.2, 0.25) is 0 Å². The molecule has 1 saturated carbocycles. The number of hydrogen-bond donors (Lipinski definition) is 1. The Kier molecular flexibility index (Phi) is 4.98. The number of para-hydroxylation sites is 1. The van der Waals surface area contributed by atoms with Crippen molar-refractivity contribution in [3.63, 3.8) is 0 Å². The zero-order valence-corrected chi connectivity index (χ0v) is 13.4. The molecule has 3 rings (SSSR count). The second-order valence-corrected chi connectivity index (χ2v) is 6.35. The molecule has 4 nitrogen and oxygen atoms in total. The van der Waals surface area contributed by atoms with Crippen molar-refractivity contribution in [3.8, 4) is 5.75 Å². The van der Waals surface area contributed by atoms with Crippen LogP contribution in [0.25, 0.3) is 0 Å².